The summed E-state index contributed by atoms with van der Waals surface area (Å²) >= 11 is 6.28. The highest BCUT2D eigenvalue weighted by Gasteiger charge is 2.13. The Labute approximate surface area is 203 Å². The zero-order valence-electron chi connectivity index (χ0n) is 18.5. The Balaban J connectivity index is 1.45. The molecule has 5 nitrogen and oxygen atoms in total. The van der Waals surface area contributed by atoms with Crippen LogP contribution in [0.3, 0.4) is 0 Å². The van der Waals surface area contributed by atoms with E-state index in [0.717, 1.165) is 16.9 Å². The summed E-state index contributed by atoms with van der Waals surface area (Å²) in [7, 11) is 0. The van der Waals surface area contributed by atoms with Crippen LogP contribution in [0.4, 0.5) is 11.4 Å². The molecule has 0 aromatic heterocycles. The number of rotatable bonds is 7. The fraction of sp³-hybridized carbons (Fsp3) is 0.0714. The molecule has 0 fully saturated rings. The van der Waals surface area contributed by atoms with E-state index < -0.39 is 0 Å². The molecule has 0 spiro atoms. The highest BCUT2D eigenvalue weighted by Crippen LogP contribution is 2.25. The highest BCUT2D eigenvalue weighted by atomic mass is 35.5. The Hall–Kier alpha value is -4.09. The summed E-state index contributed by atoms with van der Waals surface area (Å²) in [5, 5.41) is 5.97. The predicted molar refractivity (Wildman–Crippen MR) is 137 cm³/mol. The van der Waals surface area contributed by atoms with Crippen LogP contribution in [0.2, 0.25) is 5.02 Å². The van der Waals surface area contributed by atoms with Gasteiger partial charge in [-0.05, 0) is 72.6 Å². The first-order valence-electron chi connectivity index (χ1n) is 10.8. The molecule has 4 aromatic carbocycles. The topological polar surface area (TPSA) is 67.4 Å². The van der Waals surface area contributed by atoms with Crippen LogP contribution in [-0.4, -0.2) is 18.4 Å². The lowest BCUT2D eigenvalue weighted by atomic mass is 10.0. The van der Waals surface area contributed by atoms with Crippen LogP contribution in [0, 0.1) is 0 Å². The van der Waals surface area contributed by atoms with E-state index >= 15 is 0 Å². The van der Waals surface area contributed by atoms with Crippen molar-refractivity contribution in [3.63, 3.8) is 0 Å². The number of benzene rings is 4. The fourth-order valence-electron chi connectivity index (χ4n) is 3.41. The average Bonchev–Trinajstić information content (AvgIpc) is 2.87. The van der Waals surface area contributed by atoms with Gasteiger partial charge in [0.2, 0.25) is 0 Å². The van der Waals surface area contributed by atoms with Crippen LogP contribution in [0.5, 0.6) is 5.75 Å². The van der Waals surface area contributed by atoms with Crippen molar-refractivity contribution in [1.82, 2.24) is 0 Å². The van der Waals surface area contributed by atoms with Gasteiger partial charge in [0, 0.05) is 16.8 Å². The van der Waals surface area contributed by atoms with E-state index in [2.05, 4.69) is 10.6 Å². The first-order chi connectivity index (χ1) is 16.5. The van der Waals surface area contributed by atoms with Gasteiger partial charge in [0.1, 0.15) is 5.75 Å². The number of ether oxygens (including phenoxy) is 1. The lowest BCUT2D eigenvalue weighted by Crippen LogP contribution is -2.15. The van der Waals surface area contributed by atoms with Crippen molar-refractivity contribution in [2.24, 2.45) is 0 Å². The number of nitrogens with one attached hydrogen (secondary N) is 2. The van der Waals surface area contributed by atoms with Crippen LogP contribution in [-0.2, 0) is 0 Å². The first kappa shape index (κ1) is 23.1. The van der Waals surface area contributed by atoms with Crippen molar-refractivity contribution in [2.75, 3.05) is 17.2 Å². The second kappa shape index (κ2) is 10.7. The molecule has 0 aliphatic rings. The Morgan fingerprint density at radius 3 is 2.03 bits per heavy atom. The van der Waals surface area contributed by atoms with Crippen LogP contribution < -0.4 is 15.4 Å². The van der Waals surface area contributed by atoms with Gasteiger partial charge in [0.25, 0.3) is 11.8 Å². The maximum absolute atomic E-state index is 12.8. The smallest absolute Gasteiger partial charge is 0.255 e. The van der Waals surface area contributed by atoms with Crippen molar-refractivity contribution in [3.8, 4) is 16.9 Å². The van der Waals surface area contributed by atoms with E-state index in [0.29, 0.717) is 34.1 Å². The van der Waals surface area contributed by atoms with Crippen LogP contribution in [0.25, 0.3) is 11.1 Å². The van der Waals surface area contributed by atoms with Gasteiger partial charge in [-0.25, -0.2) is 0 Å². The van der Waals surface area contributed by atoms with Crippen LogP contribution in [0.1, 0.15) is 27.6 Å². The molecular weight excluding hydrogens is 448 g/mol. The monoisotopic (exact) mass is 470 g/mol. The minimum absolute atomic E-state index is 0.314. The van der Waals surface area contributed by atoms with Crippen molar-refractivity contribution < 1.29 is 14.3 Å². The Morgan fingerprint density at radius 2 is 1.35 bits per heavy atom. The number of hydrogen-bond donors (Lipinski definition) is 2. The molecule has 2 N–H and O–H groups in total. The van der Waals surface area contributed by atoms with Gasteiger partial charge in [0.15, 0.2) is 0 Å². The predicted octanol–water partition coefficient (Wildman–Crippen LogP) is 6.91. The summed E-state index contributed by atoms with van der Waals surface area (Å²) in [6, 6.07) is 29.1. The zero-order chi connectivity index (χ0) is 23.9. The lowest BCUT2D eigenvalue weighted by Gasteiger charge is -2.11. The molecule has 34 heavy (non-hydrogen) atoms. The molecule has 0 aliphatic heterocycles. The third kappa shape index (κ3) is 5.63. The summed E-state index contributed by atoms with van der Waals surface area (Å²) in [5.41, 5.74) is 3.94. The van der Waals surface area contributed by atoms with E-state index in [1.165, 1.54) is 0 Å². The second-order valence-corrected chi connectivity index (χ2v) is 7.91. The van der Waals surface area contributed by atoms with Crippen molar-refractivity contribution in [1.29, 1.82) is 0 Å². The molecule has 6 heteroatoms. The van der Waals surface area contributed by atoms with Gasteiger partial charge < -0.3 is 15.4 Å². The van der Waals surface area contributed by atoms with E-state index in [9.17, 15) is 9.59 Å². The normalized spacial score (nSPS) is 10.4. The van der Waals surface area contributed by atoms with Gasteiger partial charge in [-0.3, -0.25) is 9.59 Å². The molecule has 0 radical (unpaired) electrons. The number of carbonyl (C=O) groups excluding carboxylic acids is 2. The van der Waals surface area contributed by atoms with E-state index in [1.807, 2.05) is 49.4 Å². The number of halogens is 1. The molecule has 0 saturated heterocycles. The minimum Gasteiger partial charge on any atom is -0.494 e. The third-order valence-electron chi connectivity index (χ3n) is 5.15. The van der Waals surface area contributed by atoms with Crippen LogP contribution >= 0.6 is 11.6 Å². The molecule has 4 rings (SSSR count). The Kier molecular flexibility index (Phi) is 7.25. The number of anilines is 2. The minimum atomic E-state index is -0.316. The highest BCUT2D eigenvalue weighted by molar-refractivity contribution is 6.34. The summed E-state index contributed by atoms with van der Waals surface area (Å²) in [5.74, 6) is 0.0999. The van der Waals surface area contributed by atoms with Crippen LogP contribution in [0.15, 0.2) is 97.1 Å². The fourth-order valence-corrected chi connectivity index (χ4v) is 3.57. The second-order valence-electron chi connectivity index (χ2n) is 7.50. The molecule has 0 atom stereocenters. The summed E-state index contributed by atoms with van der Waals surface area (Å²) in [4.78, 5) is 25.5. The molecule has 0 heterocycles. The maximum atomic E-state index is 12.8. The standard InChI is InChI=1S/C28H23ClN2O3/c1-2-34-24-15-13-23(14-16-24)30-28(33)22-12-17-25(29)26(18-22)31-27(32)21-10-8-20(9-11-21)19-6-4-3-5-7-19/h3-18H,2H2,1H3,(H,30,33)(H,31,32). The molecule has 0 bridgehead atoms. The Bertz CT molecular complexity index is 1290. The number of amides is 2. The quantitative estimate of drug-likeness (QED) is 0.308. The van der Waals surface area contributed by atoms with E-state index in [4.69, 9.17) is 16.3 Å². The van der Waals surface area contributed by atoms with Gasteiger partial charge in [-0.1, -0.05) is 54.1 Å². The number of hydrogen-bond acceptors (Lipinski definition) is 3. The molecule has 2 amide bonds. The largest absolute Gasteiger partial charge is 0.494 e. The van der Waals surface area contributed by atoms with Crippen molar-refractivity contribution >= 4 is 34.8 Å². The molecule has 0 saturated carbocycles. The SMILES string of the molecule is CCOc1ccc(NC(=O)c2ccc(Cl)c(NC(=O)c3ccc(-c4ccccc4)cc3)c2)cc1. The average molecular weight is 471 g/mol. The zero-order valence-corrected chi connectivity index (χ0v) is 19.3. The molecule has 0 aliphatic carbocycles. The third-order valence-corrected chi connectivity index (χ3v) is 5.48. The maximum Gasteiger partial charge on any atom is 0.255 e. The molecule has 4 aromatic rings. The van der Waals surface area contributed by atoms with E-state index in [1.54, 1.807) is 54.6 Å². The van der Waals surface area contributed by atoms with E-state index in [-0.39, 0.29) is 11.8 Å². The van der Waals surface area contributed by atoms with Crippen molar-refractivity contribution in [3.05, 3.63) is 113 Å². The summed E-state index contributed by atoms with van der Waals surface area (Å²) < 4.78 is 5.41. The van der Waals surface area contributed by atoms with Gasteiger partial charge >= 0.3 is 0 Å². The molecule has 170 valence electrons. The van der Waals surface area contributed by atoms with Gasteiger partial charge in [-0.15, -0.1) is 0 Å². The first-order valence-corrected chi connectivity index (χ1v) is 11.2. The van der Waals surface area contributed by atoms with Gasteiger partial charge in [0.05, 0.1) is 17.3 Å². The van der Waals surface area contributed by atoms with Gasteiger partial charge in [-0.2, -0.15) is 0 Å². The Morgan fingerprint density at radius 1 is 0.735 bits per heavy atom. The molecule has 0 unspecified atom stereocenters. The summed E-state index contributed by atoms with van der Waals surface area (Å²) in [6.45, 7) is 2.48. The lowest BCUT2D eigenvalue weighted by molar-refractivity contribution is 0.101. The number of carbonyl (C=O) groups is 2. The summed E-state index contributed by atoms with van der Waals surface area (Å²) in [6.07, 6.45) is 0. The molecular formula is C28H23ClN2O3. The van der Waals surface area contributed by atoms with Crippen molar-refractivity contribution in [2.45, 2.75) is 6.92 Å².